The Labute approximate surface area is 96.9 Å². The van der Waals surface area contributed by atoms with Crippen LogP contribution in [0.5, 0.6) is 0 Å². The predicted molar refractivity (Wildman–Crippen MR) is 63.1 cm³/mol. The molecule has 4 nitrogen and oxygen atoms in total. The lowest BCUT2D eigenvalue weighted by atomic mass is 10.1. The van der Waals surface area contributed by atoms with Gasteiger partial charge in [-0.3, -0.25) is 9.58 Å². The Morgan fingerprint density at radius 3 is 2.88 bits per heavy atom. The first kappa shape index (κ1) is 11.6. The summed E-state index contributed by atoms with van der Waals surface area (Å²) in [5, 5.41) is 14.1. The lowest BCUT2D eigenvalue weighted by Gasteiger charge is -2.29. The Balaban J connectivity index is 2.09. The van der Waals surface area contributed by atoms with Crippen LogP contribution in [0.15, 0.2) is 12.4 Å². The Kier molecular flexibility index (Phi) is 3.04. The number of aromatic nitrogens is 2. The van der Waals surface area contributed by atoms with E-state index in [0.717, 1.165) is 13.1 Å². The van der Waals surface area contributed by atoms with Crippen LogP contribution in [0.3, 0.4) is 0 Å². The first-order chi connectivity index (χ1) is 7.46. The van der Waals surface area contributed by atoms with Crippen molar-refractivity contribution in [3.05, 3.63) is 18.0 Å². The Morgan fingerprint density at radius 1 is 1.56 bits per heavy atom. The van der Waals surface area contributed by atoms with E-state index in [-0.39, 0.29) is 0 Å². The predicted octanol–water partition coefficient (Wildman–Crippen LogP) is 1.33. The van der Waals surface area contributed by atoms with E-state index in [4.69, 9.17) is 0 Å². The van der Waals surface area contributed by atoms with Gasteiger partial charge in [-0.15, -0.1) is 0 Å². The van der Waals surface area contributed by atoms with E-state index in [1.807, 2.05) is 31.8 Å². The smallest absolute Gasteiger partial charge is 0.0718 e. The normalized spacial score (nSPS) is 22.9. The molecule has 1 aliphatic heterocycles. The largest absolute Gasteiger partial charge is 0.389 e. The molecule has 0 saturated carbocycles. The van der Waals surface area contributed by atoms with Crippen molar-refractivity contribution in [2.24, 2.45) is 7.05 Å². The molecule has 1 saturated heterocycles. The van der Waals surface area contributed by atoms with Gasteiger partial charge >= 0.3 is 0 Å². The van der Waals surface area contributed by atoms with Crippen molar-refractivity contribution < 1.29 is 5.11 Å². The lowest BCUT2D eigenvalue weighted by molar-refractivity contribution is 0.0317. The number of likely N-dealkylation sites (tertiary alicyclic amines) is 1. The summed E-state index contributed by atoms with van der Waals surface area (Å²) in [6.45, 7) is 5.54. The van der Waals surface area contributed by atoms with Crippen LogP contribution < -0.4 is 0 Å². The van der Waals surface area contributed by atoms with Gasteiger partial charge in [0.2, 0.25) is 0 Å². The molecule has 90 valence electrons. The molecule has 1 atom stereocenters. The van der Waals surface area contributed by atoms with Gasteiger partial charge in [0.15, 0.2) is 0 Å². The van der Waals surface area contributed by atoms with Crippen molar-refractivity contribution >= 4 is 0 Å². The van der Waals surface area contributed by atoms with Crippen LogP contribution in [0.1, 0.15) is 38.3 Å². The maximum absolute atomic E-state index is 9.89. The molecule has 0 spiro atoms. The van der Waals surface area contributed by atoms with Gasteiger partial charge in [-0.2, -0.15) is 5.10 Å². The molecule has 1 aliphatic rings. The van der Waals surface area contributed by atoms with Crippen LogP contribution in [0.2, 0.25) is 0 Å². The van der Waals surface area contributed by atoms with Crippen LogP contribution >= 0.6 is 0 Å². The van der Waals surface area contributed by atoms with Crippen molar-refractivity contribution in [3.8, 4) is 0 Å². The van der Waals surface area contributed by atoms with Crippen molar-refractivity contribution in [2.75, 3.05) is 13.1 Å². The first-order valence-corrected chi connectivity index (χ1v) is 5.91. The minimum Gasteiger partial charge on any atom is -0.389 e. The van der Waals surface area contributed by atoms with Crippen molar-refractivity contribution in [2.45, 2.75) is 38.3 Å². The molecule has 0 radical (unpaired) electrons. The molecule has 2 heterocycles. The highest BCUT2D eigenvalue weighted by Crippen LogP contribution is 2.32. The molecular formula is C12H21N3O. The van der Waals surface area contributed by atoms with E-state index < -0.39 is 5.60 Å². The zero-order valence-electron chi connectivity index (χ0n) is 10.3. The molecule has 0 bridgehead atoms. The summed E-state index contributed by atoms with van der Waals surface area (Å²) in [7, 11) is 1.94. The van der Waals surface area contributed by atoms with E-state index in [0.29, 0.717) is 6.04 Å². The summed E-state index contributed by atoms with van der Waals surface area (Å²) in [6, 6.07) is 0.431. The first-order valence-electron chi connectivity index (χ1n) is 5.91. The molecule has 0 unspecified atom stereocenters. The van der Waals surface area contributed by atoms with Gasteiger partial charge in [-0.1, -0.05) is 0 Å². The van der Waals surface area contributed by atoms with Crippen LogP contribution in [-0.2, 0) is 7.05 Å². The van der Waals surface area contributed by atoms with Crippen molar-refractivity contribution in [1.82, 2.24) is 14.7 Å². The van der Waals surface area contributed by atoms with Gasteiger partial charge in [0.05, 0.1) is 11.8 Å². The summed E-state index contributed by atoms with van der Waals surface area (Å²) in [5.41, 5.74) is 0.648. The molecule has 1 aromatic heterocycles. The Hall–Kier alpha value is -0.870. The SMILES string of the molecule is Cn1cc([C@H]2CCCN2CC(C)(C)O)cn1. The number of β-amino-alcohol motifs (C(OH)–C–C–N with tert-alkyl or cyclic N) is 1. The number of aliphatic hydroxyl groups is 1. The van der Waals surface area contributed by atoms with Crippen LogP contribution in [-0.4, -0.2) is 38.5 Å². The third kappa shape index (κ3) is 2.62. The summed E-state index contributed by atoms with van der Waals surface area (Å²) in [4.78, 5) is 2.36. The molecule has 1 N–H and O–H groups in total. The molecule has 1 fully saturated rings. The summed E-state index contributed by atoms with van der Waals surface area (Å²) in [6.07, 6.45) is 6.39. The molecular weight excluding hydrogens is 202 g/mol. The minimum absolute atomic E-state index is 0.431. The lowest BCUT2D eigenvalue weighted by Crippen LogP contribution is -2.38. The monoisotopic (exact) mass is 223 g/mol. The fraction of sp³-hybridized carbons (Fsp3) is 0.750. The highest BCUT2D eigenvalue weighted by molar-refractivity contribution is 5.12. The van der Waals surface area contributed by atoms with Gasteiger partial charge in [0.25, 0.3) is 0 Å². The number of hydrogen-bond donors (Lipinski definition) is 1. The second-order valence-corrected chi connectivity index (χ2v) is 5.39. The maximum Gasteiger partial charge on any atom is 0.0718 e. The Bertz CT molecular complexity index is 353. The summed E-state index contributed by atoms with van der Waals surface area (Å²) >= 11 is 0. The van der Waals surface area contributed by atoms with Gasteiger partial charge in [-0.25, -0.2) is 0 Å². The number of hydrogen-bond acceptors (Lipinski definition) is 3. The van der Waals surface area contributed by atoms with Crippen LogP contribution in [0.4, 0.5) is 0 Å². The van der Waals surface area contributed by atoms with Gasteiger partial charge in [0.1, 0.15) is 0 Å². The van der Waals surface area contributed by atoms with E-state index in [2.05, 4.69) is 16.2 Å². The zero-order chi connectivity index (χ0) is 11.8. The van der Waals surface area contributed by atoms with Gasteiger partial charge < -0.3 is 5.11 Å². The van der Waals surface area contributed by atoms with E-state index in [1.165, 1.54) is 18.4 Å². The molecule has 1 aromatic rings. The molecule has 16 heavy (non-hydrogen) atoms. The number of nitrogens with zero attached hydrogens (tertiary/aromatic N) is 3. The van der Waals surface area contributed by atoms with E-state index >= 15 is 0 Å². The fourth-order valence-electron chi connectivity index (χ4n) is 2.50. The third-order valence-corrected chi connectivity index (χ3v) is 3.06. The molecule has 0 aliphatic carbocycles. The number of rotatable bonds is 3. The average molecular weight is 223 g/mol. The standard InChI is InChI=1S/C12H21N3O/c1-12(2,16)9-15-6-4-5-11(15)10-7-13-14(3)8-10/h7-8,11,16H,4-6,9H2,1-3H3/t11-/m1/s1. The third-order valence-electron chi connectivity index (χ3n) is 3.06. The van der Waals surface area contributed by atoms with E-state index in [9.17, 15) is 5.11 Å². The average Bonchev–Trinajstić information content (AvgIpc) is 2.71. The van der Waals surface area contributed by atoms with Crippen LogP contribution in [0.25, 0.3) is 0 Å². The minimum atomic E-state index is -0.620. The van der Waals surface area contributed by atoms with Gasteiger partial charge in [0, 0.05) is 31.4 Å². The Morgan fingerprint density at radius 2 is 2.31 bits per heavy atom. The van der Waals surface area contributed by atoms with Crippen molar-refractivity contribution in [3.63, 3.8) is 0 Å². The molecule has 0 amide bonds. The van der Waals surface area contributed by atoms with E-state index in [1.54, 1.807) is 0 Å². The topological polar surface area (TPSA) is 41.3 Å². The molecule has 2 rings (SSSR count). The van der Waals surface area contributed by atoms with Crippen LogP contribution in [0, 0.1) is 0 Å². The van der Waals surface area contributed by atoms with Gasteiger partial charge in [-0.05, 0) is 33.2 Å². The number of aryl methyl sites for hydroxylation is 1. The van der Waals surface area contributed by atoms with Crippen molar-refractivity contribution in [1.29, 1.82) is 0 Å². The zero-order valence-corrected chi connectivity index (χ0v) is 10.3. The summed E-state index contributed by atoms with van der Waals surface area (Å²) < 4.78 is 1.84. The molecule has 0 aromatic carbocycles. The molecule has 4 heteroatoms. The second-order valence-electron chi connectivity index (χ2n) is 5.39. The maximum atomic E-state index is 9.89. The second kappa shape index (κ2) is 4.18. The highest BCUT2D eigenvalue weighted by Gasteiger charge is 2.30. The summed E-state index contributed by atoms with van der Waals surface area (Å²) in [5.74, 6) is 0. The highest BCUT2D eigenvalue weighted by atomic mass is 16.3. The quantitative estimate of drug-likeness (QED) is 0.840. The fourth-order valence-corrected chi connectivity index (χ4v) is 2.50.